The van der Waals surface area contributed by atoms with Gasteiger partial charge in [-0.2, -0.15) is 0 Å². The molecule has 0 spiro atoms. The van der Waals surface area contributed by atoms with Crippen LogP contribution in [0.4, 0.5) is 4.39 Å². The molecule has 2 rings (SSSR count). The average Bonchev–Trinajstić information content (AvgIpc) is 2.81. The Kier molecular flexibility index (Phi) is 5.02. The summed E-state index contributed by atoms with van der Waals surface area (Å²) >= 11 is 5.97. The van der Waals surface area contributed by atoms with Gasteiger partial charge in [0.25, 0.3) is 0 Å². The molecular weight excluding hydrogens is 249 g/mol. The fourth-order valence-corrected chi connectivity index (χ4v) is 3.21. The van der Waals surface area contributed by atoms with Crippen LogP contribution in [0.5, 0.6) is 0 Å². The van der Waals surface area contributed by atoms with Gasteiger partial charge in [-0.1, -0.05) is 12.5 Å². The number of alkyl halides is 1. The Hall–Kier alpha value is -0.600. The van der Waals surface area contributed by atoms with Crippen molar-refractivity contribution < 1.29 is 4.39 Å². The highest BCUT2D eigenvalue weighted by Gasteiger charge is 2.25. The van der Waals surface area contributed by atoms with Gasteiger partial charge in [-0.15, -0.1) is 11.6 Å². The zero-order valence-corrected chi connectivity index (χ0v) is 11.6. The molecule has 1 saturated carbocycles. The third kappa shape index (κ3) is 3.46. The minimum absolute atomic E-state index is 0.156. The predicted octanol–water partition coefficient (Wildman–Crippen LogP) is 3.88. The Labute approximate surface area is 114 Å². The van der Waals surface area contributed by atoms with E-state index in [4.69, 9.17) is 11.6 Å². The molecule has 0 amide bonds. The molecule has 18 heavy (non-hydrogen) atoms. The fraction of sp³-hybridized carbons (Fsp3) is 0.600. The van der Waals surface area contributed by atoms with Gasteiger partial charge in [0.15, 0.2) is 0 Å². The number of nitrogens with one attached hydrogen (secondary N) is 1. The minimum Gasteiger partial charge on any atom is -0.312 e. The van der Waals surface area contributed by atoms with Gasteiger partial charge in [0, 0.05) is 12.4 Å². The van der Waals surface area contributed by atoms with Crippen LogP contribution in [-0.2, 0) is 6.54 Å². The lowest BCUT2D eigenvalue weighted by atomic mass is 9.98. The van der Waals surface area contributed by atoms with Crippen molar-refractivity contribution in [3.05, 3.63) is 35.1 Å². The number of hydrogen-bond acceptors (Lipinski definition) is 1. The van der Waals surface area contributed by atoms with Gasteiger partial charge in [-0.3, -0.25) is 0 Å². The molecule has 0 heterocycles. The minimum atomic E-state index is -0.156. The second kappa shape index (κ2) is 6.53. The van der Waals surface area contributed by atoms with Crippen LogP contribution in [0.25, 0.3) is 0 Å². The van der Waals surface area contributed by atoms with Crippen molar-refractivity contribution >= 4 is 11.6 Å². The first-order valence-electron chi connectivity index (χ1n) is 6.72. The molecule has 1 nitrogen and oxygen atoms in total. The molecule has 0 radical (unpaired) electrons. The standard InChI is InChI=1S/C15H21ClFN/c1-11-5-6-15(17)7-14(11)10-18-9-13-4-2-3-12(13)8-16/h5-7,12-13,18H,2-4,8-10H2,1H3. The summed E-state index contributed by atoms with van der Waals surface area (Å²) in [7, 11) is 0. The zero-order chi connectivity index (χ0) is 13.0. The molecule has 3 heteroatoms. The average molecular weight is 270 g/mol. The lowest BCUT2D eigenvalue weighted by Crippen LogP contribution is -2.26. The summed E-state index contributed by atoms with van der Waals surface area (Å²) in [6.45, 7) is 3.76. The third-order valence-electron chi connectivity index (χ3n) is 4.05. The summed E-state index contributed by atoms with van der Waals surface area (Å²) in [5, 5.41) is 3.45. The first-order valence-corrected chi connectivity index (χ1v) is 7.26. The number of aryl methyl sites for hydroxylation is 1. The molecule has 2 unspecified atom stereocenters. The highest BCUT2D eigenvalue weighted by atomic mass is 35.5. The van der Waals surface area contributed by atoms with E-state index in [1.807, 2.05) is 13.0 Å². The van der Waals surface area contributed by atoms with E-state index in [9.17, 15) is 4.39 Å². The molecule has 1 aliphatic carbocycles. The lowest BCUT2D eigenvalue weighted by molar-refractivity contribution is 0.395. The van der Waals surface area contributed by atoms with E-state index in [2.05, 4.69) is 5.32 Å². The summed E-state index contributed by atoms with van der Waals surface area (Å²) in [6, 6.07) is 4.97. The van der Waals surface area contributed by atoms with E-state index in [1.54, 1.807) is 6.07 Å². The normalized spacial score (nSPS) is 23.5. The Morgan fingerprint density at radius 2 is 2.11 bits per heavy atom. The SMILES string of the molecule is Cc1ccc(F)cc1CNCC1CCCC1CCl. The van der Waals surface area contributed by atoms with E-state index in [-0.39, 0.29) is 5.82 Å². The van der Waals surface area contributed by atoms with Gasteiger partial charge in [-0.05, 0) is 61.4 Å². The summed E-state index contributed by atoms with van der Waals surface area (Å²) < 4.78 is 13.1. The number of hydrogen-bond donors (Lipinski definition) is 1. The van der Waals surface area contributed by atoms with Gasteiger partial charge < -0.3 is 5.32 Å². The molecule has 1 N–H and O–H groups in total. The first kappa shape index (κ1) is 13.8. The quantitative estimate of drug-likeness (QED) is 0.800. The maximum atomic E-state index is 13.1. The van der Waals surface area contributed by atoms with Gasteiger partial charge in [0.05, 0.1) is 0 Å². The molecule has 2 atom stereocenters. The Morgan fingerprint density at radius 3 is 2.89 bits per heavy atom. The van der Waals surface area contributed by atoms with Crippen molar-refractivity contribution in [3.63, 3.8) is 0 Å². The van der Waals surface area contributed by atoms with Crippen molar-refractivity contribution in [2.45, 2.75) is 32.7 Å². The van der Waals surface area contributed by atoms with Crippen LogP contribution in [0.3, 0.4) is 0 Å². The predicted molar refractivity (Wildman–Crippen MR) is 74.4 cm³/mol. The molecule has 1 aromatic rings. The monoisotopic (exact) mass is 269 g/mol. The summed E-state index contributed by atoms with van der Waals surface area (Å²) in [5.41, 5.74) is 2.19. The van der Waals surface area contributed by atoms with Crippen LogP contribution in [-0.4, -0.2) is 12.4 Å². The van der Waals surface area contributed by atoms with E-state index < -0.39 is 0 Å². The summed E-state index contributed by atoms with van der Waals surface area (Å²) in [5.74, 6) is 1.96. The van der Waals surface area contributed by atoms with Crippen molar-refractivity contribution in [2.75, 3.05) is 12.4 Å². The molecule has 100 valence electrons. The van der Waals surface area contributed by atoms with E-state index in [1.165, 1.54) is 25.3 Å². The van der Waals surface area contributed by atoms with Gasteiger partial charge >= 0.3 is 0 Å². The van der Waals surface area contributed by atoms with Gasteiger partial charge in [-0.25, -0.2) is 4.39 Å². The zero-order valence-electron chi connectivity index (χ0n) is 10.9. The molecule has 1 aliphatic rings. The first-order chi connectivity index (χ1) is 8.70. The van der Waals surface area contributed by atoms with Crippen LogP contribution in [0, 0.1) is 24.6 Å². The van der Waals surface area contributed by atoms with Crippen molar-refractivity contribution in [1.82, 2.24) is 5.32 Å². The maximum absolute atomic E-state index is 13.1. The smallest absolute Gasteiger partial charge is 0.123 e. The molecule has 0 aliphatic heterocycles. The highest BCUT2D eigenvalue weighted by Crippen LogP contribution is 2.32. The van der Waals surface area contributed by atoms with Crippen LogP contribution in [0.15, 0.2) is 18.2 Å². The second-order valence-corrected chi connectivity index (χ2v) is 5.62. The van der Waals surface area contributed by atoms with Crippen molar-refractivity contribution in [3.8, 4) is 0 Å². The fourth-order valence-electron chi connectivity index (χ4n) is 2.81. The number of rotatable bonds is 5. The van der Waals surface area contributed by atoms with Crippen LogP contribution in [0.1, 0.15) is 30.4 Å². The molecule has 1 fully saturated rings. The van der Waals surface area contributed by atoms with Crippen LogP contribution in [0.2, 0.25) is 0 Å². The maximum Gasteiger partial charge on any atom is 0.123 e. The largest absolute Gasteiger partial charge is 0.312 e. The van der Waals surface area contributed by atoms with E-state index in [0.29, 0.717) is 11.8 Å². The van der Waals surface area contributed by atoms with E-state index in [0.717, 1.165) is 30.1 Å². The van der Waals surface area contributed by atoms with Crippen molar-refractivity contribution in [1.29, 1.82) is 0 Å². The van der Waals surface area contributed by atoms with Crippen molar-refractivity contribution in [2.24, 2.45) is 11.8 Å². The Balaban J connectivity index is 1.83. The van der Waals surface area contributed by atoms with Crippen LogP contribution >= 0.6 is 11.6 Å². The Bertz CT molecular complexity index is 394. The molecule has 0 saturated heterocycles. The summed E-state index contributed by atoms with van der Waals surface area (Å²) in [6.07, 6.45) is 3.82. The summed E-state index contributed by atoms with van der Waals surface area (Å²) in [4.78, 5) is 0. The number of halogens is 2. The molecular formula is C15H21ClFN. The number of benzene rings is 1. The van der Waals surface area contributed by atoms with Gasteiger partial charge in [0.1, 0.15) is 5.82 Å². The van der Waals surface area contributed by atoms with Crippen LogP contribution < -0.4 is 5.32 Å². The third-order valence-corrected chi connectivity index (χ3v) is 4.44. The van der Waals surface area contributed by atoms with Gasteiger partial charge in [0.2, 0.25) is 0 Å². The molecule has 0 bridgehead atoms. The lowest BCUT2D eigenvalue weighted by Gasteiger charge is -2.18. The highest BCUT2D eigenvalue weighted by molar-refractivity contribution is 6.18. The second-order valence-electron chi connectivity index (χ2n) is 5.31. The topological polar surface area (TPSA) is 12.0 Å². The Morgan fingerprint density at radius 1 is 1.33 bits per heavy atom. The van der Waals surface area contributed by atoms with E-state index >= 15 is 0 Å². The molecule has 1 aromatic carbocycles. The molecule has 0 aromatic heterocycles.